The summed E-state index contributed by atoms with van der Waals surface area (Å²) in [7, 11) is 0. The van der Waals surface area contributed by atoms with Gasteiger partial charge >= 0.3 is 5.97 Å². The average molecular weight is 1340 g/mol. The molecule has 7 unspecified atom stereocenters. The van der Waals surface area contributed by atoms with Crippen molar-refractivity contribution in [3.05, 3.63) is 72.9 Å². The first-order valence-corrected chi connectivity index (χ1v) is 40.7. The number of unbranched alkanes of at least 4 members (excludes halogenated alkanes) is 48. The number of ether oxygens (including phenoxy) is 3. The summed E-state index contributed by atoms with van der Waals surface area (Å²) in [6.07, 6.45) is 89.6. The molecule has 6 N–H and O–H groups in total. The molecule has 1 aliphatic rings. The molecule has 1 amide bonds. The zero-order valence-electron chi connectivity index (χ0n) is 61.9. The molecule has 95 heavy (non-hydrogen) atoms. The molecule has 1 aliphatic heterocycles. The van der Waals surface area contributed by atoms with E-state index in [-0.39, 0.29) is 18.5 Å². The summed E-state index contributed by atoms with van der Waals surface area (Å²) in [6.45, 7) is 4.28. The molecule has 0 aromatic rings. The first kappa shape index (κ1) is 90.1. The van der Waals surface area contributed by atoms with Gasteiger partial charge in [0.2, 0.25) is 5.91 Å². The number of hydrogen-bond acceptors (Lipinski definition) is 10. The maximum Gasteiger partial charge on any atom is 0.305 e. The highest BCUT2D eigenvalue weighted by atomic mass is 16.7. The van der Waals surface area contributed by atoms with Crippen LogP contribution in [-0.2, 0) is 23.8 Å². The van der Waals surface area contributed by atoms with Crippen molar-refractivity contribution >= 4 is 11.9 Å². The summed E-state index contributed by atoms with van der Waals surface area (Å²) in [5.74, 6) is -0.183. The summed E-state index contributed by atoms with van der Waals surface area (Å²) in [5, 5.41) is 54.4. The molecule has 0 aliphatic carbocycles. The predicted molar refractivity (Wildman–Crippen MR) is 403 cm³/mol. The van der Waals surface area contributed by atoms with Crippen molar-refractivity contribution in [2.75, 3.05) is 19.8 Å². The van der Waals surface area contributed by atoms with Crippen molar-refractivity contribution in [1.82, 2.24) is 5.32 Å². The van der Waals surface area contributed by atoms with Crippen LogP contribution in [0.1, 0.15) is 386 Å². The van der Waals surface area contributed by atoms with Gasteiger partial charge in [0.25, 0.3) is 0 Å². The number of allylic oxidation sites excluding steroid dienone is 11. The molecule has 1 rings (SSSR count). The zero-order chi connectivity index (χ0) is 68.6. The van der Waals surface area contributed by atoms with Gasteiger partial charge in [-0.25, -0.2) is 0 Å². The third-order valence-corrected chi connectivity index (χ3v) is 19.0. The van der Waals surface area contributed by atoms with E-state index < -0.39 is 49.5 Å². The number of amides is 1. The number of nitrogens with one attached hydrogen (secondary N) is 1. The van der Waals surface area contributed by atoms with Crippen molar-refractivity contribution < 1.29 is 49.3 Å². The normalized spacial score (nSPS) is 17.7. The Morgan fingerprint density at radius 2 is 0.737 bits per heavy atom. The lowest BCUT2D eigenvalue weighted by Crippen LogP contribution is -2.60. The largest absolute Gasteiger partial charge is 0.466 e. The van der Waals surface area contributed by atoms with Crippen LogP contribution in [0, 0.1) is 0 Å². The second-order valence-corrected chi connectivity index (χ2v) is 28.1. The highest BCUT2D eigenvalue weighted by Crippen LogP contribution is 2.24. The molecule has 1 heterocycles. The summed E-state index contributed by atoms with van der Waals surface area (Å²) in [5.41, 5.74) is 0. The van der Waals surface area contributed by atoms with Crippen LogP contribution >= 0.6 is 0 Å². The Labute approximate surface area is 585 Å². The fraction of sp³-hybridized carbons (Fsp3) is 0.833. The van der Waals surface area contributed by atoms with Gasteiger partial charge in [0, 0.05) is 12.8 Å². The standard InChI is InChI=1S/C84H153NO10/c1-3-5-7-9-11-13-15-16-17-41-45-48-52-56-60-64-68-72-80(89)93-73-69-65-61-57-53-49-46-43-40-38-36-34-32-30-28-26-24-22-20-18-19-21-23-25-27-29-31-33-35-37-39-42-44-47-51-55-59-63-67-71-79(88)85-76(75-94-84-83(92)82(91)81(90)78(74-86)95-84)77(87)70-66-62-58-54-50-14-12-10-8-6-4-2/h8,10,16-19,22,24,50,54,66,70,76-78,81-84,86-87,90-92H,3-7,9,11-15,20-21,23,25-49,51-53,55-65,67-69,71-75H2,1-2H3,(H,85,88)/b10-8+,17-16-,19-18-,24-22-,54-50+,70-66+. The first-order chi connectivity index (χ1) is 46.7. The van der Waals surface area contributed by atoms with E-state index in [1.165, 1.54) is 276 Å². The summed E-state index contributed by atoms with van der Waals surface area (Å²) < 4.78 is 16.7. The topological polar surface area (TPSA) is 175 Å². The molecule has 1 saturated heterocycles. The van der Waals surface area contributed by atoms with Crippen LogP contribution < -0.4 is 5.32 Å². The lowest BCUT2D eigenvalue weighted by molar-refractivity contribution is -0.302. The van der Waals surface area contributed by atoms with Gasteiger partial charge in [-0.1, -0.05) is 337 Å². The Morgan fingerprint density at radius 3 is 1.15 bits per heavy atom. The molecule has 554 valence electrons. The monoisotopic (exact) mass is 1340 g/mol. The summed E-state index contributed by atoms with van der Waals surface area (Å²) >= 11 is 0. The van der Waals surface area contributed by atoms with E-state index >= 15 is 0 Å². The zero-order valence-corrected chi connectivity index (χ0v) is 61.9. The molecule has 0 bridgehead atoms. The van der Waals surface area contributed by atoms with Crippen LogP contribution in [0.15, 0.2) is 72.9 Å². The quantitative estimate of drug-likeness (QED) is 0.0195. The number of aliphatic hydroxyl groups excluding tert-OH is 5. The Balaban J connectivity index is 1.88. The van der Waals surface area contributed by atoms with E-state index in [0.717, 1.165) is 83.5 Å². The molecule has 0 spiro atoms. The van der Waals surface area contributed by atoms with Gasteiger partial charge in [-0.05, 0) is 109 Å². The Bertz CT molecular complexity index is 1810. The number of esters is 1. The number of aliphatic hydroxyl groups is 5. The van der Waals surface area contributed by atoms with Gasteiger partial charge in [-0.15, -0.1) is 0 Å². The Kier molecular flexibility index (Phi) is 68.6. The number of hydrogen-bond donors (Lipinski definition) is 6. The minimum Gasteiger partial charge on any atom is -0.466 e. The van der Waals surface area contributed by atoms with Crippen molar-refractivity contribution in [3.8, 4) is 0 Å². The predicted octanol–water partition coefficient (Wildman–Crippen LogP) is 22.2. The smallest absolute Gasteiger partial charge is 0.305 e. The van der Waals surface area contributed by atoms with E-state index in [9.17, 15) is 35.1 Å². The molecule has 11 nitrogen and oxygen atoms in total. The van der Waals surface area contributed by atoms with Crippen LogP contribution in [0.5, 0.6) is 0 Å². The Morgan fingerprint density at radius 1 is 0.389 bits per heavy atom. The fourth-order valence-electron chi connectivity index (χ4n) is 12.6. The molecule has 0 radical (unpaired) electrons. The molecule has 0 aromatic heterocycles. The highest BCUT2D eigenvalue weighted by Gasteiger charge is 2.44. The summed E-state index contributed by atoms with van der Waals surface area (Å²) in [6, 6.07) is -0.833. The van der Waals surface area contributed by atoms with E-state index in [1.54, 1.807) is 6.08 Å². The minimum absolute atomic E-state index is 0.0111. The second kappa shape index (κ2) is 72.4. The Hall–Kier alpha value is -2.90. The fourth-order valence-corrected chi connectivity index (χ4v) is 12.6. The van der Waals surface area contributed by atoms with Gasteiger partial charge < -0.3 is 45.1 Å². The third kappa shape index (κ3) is 60.8. The van der Waals surface area contributed by atoms with Crippen LogP contribution in [-0.4, -0.2) is 100 Å². The minimum atomic E-state index is -1.58. The number of carbonyl (C=O) groups is 2. The maximum absolute atomic E-state index is 13.1. The van der Waals surface area contributed by atoms with Gasteiger partial charge in [-0.3, -0.25) is 9.59 Å². The van der Waals surface area contributed by atoms with E-state index in [4.69, 9.17) is 14.2 Å². The lowest BCUT2D eigenvalue weighted by atomic mass is 9.99. The van der Waals surface area contributed by atoms with Crippen LogP contribution in [0.25, 0.3) is 0 Å². The molecule has 7 atom stereocenters. The SMILES string of the molecule is CCC/C=C/CC/C=C/CC/C=C/C(O)C(COC1OC(CO)C(O)C(O)C1O)NC(=O)CCCCCCCCCCCCCCCCCCC/C=C\C/C=C\CCCCCCCCCCCCCCCCCOC(=O)CCCCCCCCC/C=C\CCCCCCCC. The number of carbonyl (C=O) groups excluding carboxylic acids is 2. The van der Waals surface area contributed by atoms with Crippen LogP contribution in [0.3, 0.4) is 0 Å². The van der Waals surface area contributed by atoms with Crippen molar-refractivity contribution in [1.29, 1.82) is 0 Å². The average Bonchev–Trinajstić information content (AvgIpc) is 0.858. The van der Waals surface area contributed by atoms with Crippen molar-refractivity contribution in [3.63, 3.8) is 0 Å². The van der Waals surface area contributed by atoms with E-state index in [0.29, 0.717) is 19.4 Å². The molecular formula is C84H153NO10. The maximum atomic E-state index is 13.1. The van der Waals surface area contributed by atoms with Gasteiger partial charge in [-0.2, -0.15) is 0 Å². The molecule has 11 heteroatoms. The third-order valence-electron chi connectivity index (χ3n) is 19.0. The summed E-state index contributed by atoms with van der Waals surface area (Å²) in [4.78, 5) is 25.2. The second-order valence-electron chi connectivity index (χ2n) is 28.1. The highest BCUT2D eigenvalue weighted by molar-refractivity contribution is 5.76. The first-order valence-electron chi connectivity index (χ1n) is 40.7. The van der Waals surface area contributed by atoms with Crippen LogP contribution in [0.2, 0.25) is 0 Å². The lowest BCUT2D eigenvalue weighted by Gasteiger charge is -2.40. The van der Waals surface area contributed by atoms with E-state index in [2.05, 4.69) is 79.9 Å². The molecule has 0 aromatic carbocycles. The molecular weight excluding hydrogens is 1180 g/mol. The molecule has 0 saturated carbocycles. The van der Waals surface area contributed by atoms with Gasteiger partial charge in [0.1, 0.15) is 24.4 Å². The van der Waals surface area contributed by atoms with Crippen molar-refractivity contribution in [2.45, 2.75) is 429 Å². The van der Waals surface area contributed by atoms with Crippen LogP contribution in [0.4, 0.5) is 0 Å². The number of rotatable bonds is 72. The van der Waals surface area contributed by atoms with Gasteiger partial charge in [0.05, 0.1) is 32.0 Å². The van der Waals surface area contributed by atoms with E-state index in [1.807, 2.05) is 6.08 Å². The van der Waals surface area contributed by atoms with Gasteiger partial charge in [0.15, 0.2) is 6.29 Å². The van der Waals surface area contributed by atoms with Crippen molar-refractivity contribution in [2.24, 2.45) is 0 Å². The molecule has 1 fully saturated rings.